The molecular formula is C11H10O3. The third-order valence-electron chi connectivity index (χ3n) is 1.91. The molecule has 0 saturated heterocycles. The Balaban J connectivity index is 2.55. The fourth-order valence-corrected chi connectivity index (χ4v) is 1.09. The Morgan fingerprint density at radius 3 is 2.29 bits per heavy atom. The summed E-state index contributed by atoms with van der Waals surface area (Å²) in [6.45, 7) is 0. The number of rotatable bonds is 5. The zero-order valence-corrected chi connectivity index (χ0v) is 7.60. The summed E-state index contributed by atoms with van der Waals surface area (Å²) in [4.78, 5) is 31.0. The van der Waals surface area contributed by atoms with Gasteiger partial charge < -0.3 is 0 Å². The summed E-state index contributed by atoms with van der Waals surface area (Å²) in [6.07, 6.45) is 1.86. The number of hydrogen-bond donors (Lipinski definition) is 0. The van der Waals surface area contributed by atoms with Gasteiger partial charge in [-0.2, -0.15) is 0 Å². The highest BCUT2D eigenvalue weighted by atomic mass is 16.2. The van der Waals surface area contributed by atoms with Gasteiger partial charge in [-0.05, 0) is 12.0 Å². The topological polar surface area (TPSA) is 51.2 Å². The Bertz CT molecular complexity index is 338. The van der Waals surface area contributed by atoms with Crippen molar-refractivity contribution in [3.63, 3.8) is 0 Å². The van der Waals surface area contributed by atoms with Gasteiger partial charge in [-0.15, -0.1) is 0 Å². The molecule has 0 spiro atoms. The van der Waals surface area contributed by atoms with E-state index in [-0.39, 0.29) is 6.42 Å². The fourth-order valence-electron chi connectivity index (χ4n) is 1.09. The molecule has 0 aliphatic carbocycles. The lowest BCUT2D eigenvalue weighted by atomic mass is 10.1. The maximum absolute atomic E-state index is 10.7. The number of ketones is 1. The second-order valence-electron chi connectivity index (χ2n) is 2.94. The molecule has 0 aromatic heterocycles. The van der Waals surface area contributed by atoms with Gasteiger partial charge in [0.2, 0.25) is 0 Å². The summed E-state index contributed by atoms with van der Waals surface area (Å²) in [7, 11) is 0. The third kappa shape index (κ3) is 2.94. The molecule has 0 bridgehead atoms. The lowest BCUT2D eigenvalue weighted by Gasteiger charge is -1.98. The number of Topliss-reactive ketones (excluding diaryl/α,β-unsaturated/α-hetero) is 1. The quantitative estimate of drug-likeness (QED) is 0.517. The molecular weight excluding hydrogens is 180 g/mol. The predicted octanol–water partition coefficient (Wildman–Crippen LogP) is 1.20. The van der Waals surface area contributed by atoms with E-state index < -0.39 is 5.78 Å². The minimum atomic E-state index is -0.399. The molecule has 0 aliphatic heterocycles. The molecule has 0 radical (unpaired) electrons. The molecule has 1 aromatic carbocycles. The van der Waals surface area contributed by atoms with Gasteiger partial charge in [0.1, 0.15) is 6.29 Å². The normalized spacial score (nSPS) is 9.43. The summed E-state index contributed by atoms with van der Waals surface area (Å²) < 4.78 is 0. The molecule has 0 unspecified atom stereocenters. The van der Waals surface area contributed by atoms with E-state index in [1.165, 1.54) is 0 Å². The number of benzene rings is 1. The molecule has 0 amide bonds. The van der Waals surface area contributed by atoms with Crippen LogP contribution in [0.25, 0.3) is 0 Å². The maximum atomic E-state index is 10.7. The van der Waals surface area contributed by atoms with E-state index in [1.807, 2.05) is 0 Å². The van der Waals surface area contributed by atoms with Crippen LogP contribution in [-0.4, -0.2) is 18.4 Å². The Hall–Kier alpha value is -1.77. The van der Waals surface area contributed by atoms with Crippen molar-refractivity contribution in [2.75, 3.05) is 0 Å². The highest BCUT2D eigenvalue weighted by molar-refractivity contribution is 6.24. The lowest BCUT2D eigenvalue weighted by Crippen LogP contribution is -2.00. The van der Waals surface area contributed by atoms with Crippen molar-refractivity contribution >= 4 is 18.4 Å². The van der Waals surface area contributed by atoms with Crippen molar-refractivity contribution < 1.29 is 14.4 Å². The Morgan fingerprint density at radius 2 is 1.79 bits per heavy atom. The highest BCUT2D eigenvalue weighted by Gasteiger charge is 2.00. The maximum Gasteiger partial charge on any atom is 0.195 e. The van der Waals surface area contributed by atoms with E-state index in [1.54, 1.807) is 24.3 Å². The Labute approximate surface area is 81.7 Å². The van der Waals surface area contributed by atoms with Gasteiger partial charge >= 0.3 is 0 Å². The monoisotopic (exact) mass is 190 g/mol. The molecule has 1 aromatic rings. The van der Waals surface area contributed by atoms with Gasteiger partial charge in [0.05, 0.1) is 0 Å². The molecule has 0 N–H and O–H groups in total. The molecule has 72 valence electrons. The van der Waals surface area contributed by atoms with E-state index >= 15 is 0 Å². The molecule has 0 saturated carbocycles. The van der Waals surface area contributed by atoms with Gasteiger partial charge in [0.25, 0.3) is 0 Å². The first kappa shape index (κ1) is 10.3. The number of aryl methyl sites for hydroxylation is 1. The summed E-state index contributed by atoms with van der Waals surface area (Å²) in [5.41, 5.74) is 1.56. The summed E-state index contributed by atoms with van der Waals surface area (Å²) in [6, 6.07) is 6.94. The number of hydrogen-bond acceptors (Lipinski definition) is 3. The number of carbonyl (C=O) groups excluding carboxylic acids is 3. The van der Waals surface area contributed by atoms with Crippen molar-refractivity contribution in [1.29, 1.82) is 0 Å². The fraction of sp³-hybridized carbons (Fsp3) is 0.182. The van der Waals surface area contributed by atoms with Crippen LogP contribution in [0.5, 0.6) is 0 Å². The van der Waals surface area contributed by atoms with Crippen molar-refractivity contribution in [2.24, 2.45) is 0 Å². The van der Waals surface area contributed by atoms with Gasteiger partial charge in [-0.25, -0.2) is 0 Å². The predicted molar refractivity (Wildman–Crippen MR) is 51.2 cm³/mol. The van der Waals surface area contributed by atoms with Crippen molar-refractivity contribution in [2.45, 2.75) is 12.8 Å². The van der Waals surface area contributed by atoms with Gasteiger partial charge in [-0.1, -0.05) is 24.3 Å². The number of aldehydes is 2. The van der Waals surface area contributed by atoms with Gasteiger partial charge in [0, 0.05) is 12.0 Å². The van der Waals surface area contributed by atoms with E-state index in [0.29, 0.717) is 18.3 Å². The minimum Gasteiger partial charge on any atom is -0.298 e. The lowest BCUT2D eigenvalue weighted by molar-refractivity contribution is -0.129. The van der Waals surface area contributed by atoms with Crippen LogP contribution in [0.4, 0.5) is 0 Å². The van der Waals surface area contributed by atoms with E-state index in [2.05, 4.69) is 0 Å². The molecule has 3 heteroatoms. The molecule has 0 heterocycles. The highest BCUT2D eigenvalue weighted by Crippen LogP contribution is 2.05. The van der Waals surface area contributed by atoms with Crippen molar-refractivity contribution in [3.8, 4) is 0 Å². The molecule has 1 rings (SSSR count). The van der Waals surface area contributed by atoms with Crippen LogP contribution in [0.3, 0.4) is 0 Å². The smallest absolute Gasteiger partial charge is 0.195 e. The Morgan fingerprint density at radius 1 is 1.14 bits per heavy atom. The first-order valence-corrected chi connectivity index (χ1v) is 4.28. The summed E-state index contributed by atoms with van der Waals surface area (Å²) >= 11 is 0. The molecule has 3 nitrogen and oxygen atoms in total. The second-order valence-corrected chi connectivity index (χ2v) is 2.94. The summed E-state index contributed by atoms with van der Waals surface area (Å²) in [5, 5.41) is 0. The van der Waals surface area contributed by atoms with Crippen LogP contribution in [0.2, 0.25) is 0 Å². The standard InChI is InChI=1S/C11H10O3/c12-7-10-3-1-9(2-4-10)5-6-11(14)8-13/h1-4,7-8H,5-6H2. The van der Waals surface area contributed by atoms with Gasteiger partial charge in [0.15, 0.2) is 12.1 Å². The van der Waals surface area contributed by atoms with E-state index in [9.17, 15) is 14.4 Å². The molecule has 0 aliphatic rings. The van der Waals surface area contributed by atoms with Crippen molar-refractivity contribution in [1.82, 2.24) is 0 Å². The number of carbonyl (C=O) groups is 3. The van der Waals surface area contributed by atoms with Crippen LogP contribution in [0.1, 0.15) is 22.3 Å². The Kier molecular flexibility index (Phi) is 3.73. The van der Waals surface area contributed by atoms with Gasteiger partial charge in [-0.3, -0.25) is 14.4 Å². The first-order chi connectivity index (χ1) is 6.76. The van der Waals surface area contributed by atoms with Crippen LogP contribution >= 0.6 is 0 Å². The summed E-state index contributed by atoms with van der Waals surface area (Å²) in [5.74, 6) is -0.399. The average Bonchev–Trinajstić information content (AvgIpc) is 2.26. The molecule has 0 atom stereocenters. The first-order valence-electron chi connectivity index (χ1n) is 4.28. The minimum absolute atomic E-state index is 0.226. The zero-order valence-electron chi connectivity index (χ0n) is 7.60. The van der Waals surface area contributed by atoms with E-state index in [0.717, 1.165) is 11.8 Å². The molecule has 0 fully saturated rings. The average molecular weight is 190 g/mol. The van der Waals surface area contributed by atoms with Crippen LogP contribution in [0.15, 0.2) is 24.3 Å². The SMILES string of the molecule is O=CC(=O)CCc1ccc(C=O)cc1. The third-order valence-corrected chi connectivity index (χ3v) is 1.91. The van der Waals surface area contributed by atoms with Crippen LogP contribution in [-0.2, 0) is 16.0 Å². The van der Waals surface area contributed by atoms with E-state index in [4.69, 9.17) is 0 Å². The van der Waals surface area contributed by atoms with Crippen LogP contribution in [0, 0.1) is 0 Å². The van der Waals surface area contributed by atoms with Crippen LogP contribution < -0.4 is 0 Å². The molecule has 14 heavy (non-hydrogen) atoms. The second kappa shape index (κ2) is 5.07. The van der Waals surface area contributed by atoms with Crippen molar-refractivity contribution in [3.05, 3.63) is 35.4 Å². The largest absolute Gasteiger partial charge is 0.298 e. The zero-order chi connectivity index (χ0) is 10.4.